The van der Waals surface area contributed by atoms with Crippen LogP contribution < -0.4 is 0 Å². The molecule has 1 aromatic carbocycles. The van der Waals surface area contributed by atoms with Crippen molar-refractivity contribution in [3.63, 3.8) is 0 Å². The molecular formula is C21H22FN3O. The average Bonchev–Trinajstić information content (AvgIpc) is 2.92. The largest absolute Gasteiger partial charge is 0.342 e. The van der Waals surface area contributed by atoms with Crippen LogP contribution in [-0.4, -0.2) is 27.4 Å². The van der Waals surface area contributed by atoms with Crippen LogP contribution in [0.1, 0.15) is 33.0 Å². The summed E-state index contributed by atoms with van der Waals surface area (Å²) in [6.07, 6.45) is 1.76. The molecule has 3 aromatic rings. The van der Waals surface area contributed by atoms with Gasteiger partial charge in [0.05, 0.1) is 17.8 Å². The Labute approximate surface area is 152 Å². The SMILES string of the molecule is Cc1cc(C(=O)N(C)Cc2ccccc2F)c(C)n1Cc1ccccn1. The van der Waals surface area contributed by atoms with Crippen molar-refractivity contribution in [2.24, 2.45) is 0 Å². The zero-order valence-electron chi connectivity index (χ0n) is 15.2. The summed E-state index contributed by atoms with van der Waals surface area (Å²) < 4.78 is 15.9. The molecule has 0 N–H and O–H groups in total. The molecule has 0 saturated carbocycles. The molecule has 26 heavy (non-hydrogen) atoms. The van der Waals surface area contributed by atoms with E-state index in [9.17, 15) is 9.18 Å². The normalized spacial score (nSPS) is 10.8. The first-order valence-corrected chi connectivity index (χ1v) is 8.53. The lowest BCUT2D eigenvalue weighted by molar-refractivity contribution is 0.0783. The fourth-order valence-corrected chi connectivity index (χ4v) is 3.07. The highest BCUT2D eigenvalue weighted by molar-refractivity contribution is 5.95. The van der Waals surface area contributed by atoms with Gasteiger partial charge in [0.25, 0.3) is 5.91 Å². The van der Waals surface area contributed by atoms with Crippen LogP contribution in [0.15, 0.2) is 54.7 Å². The van der Waals surface area contributed by atoms with Crippen molar-refractivity contribution in [2.45, 2.75) is 26.9 Å². The first-order valence-electron chi connectivity index (χ1n) is 8.53. The van der Waals surface area contributed by atoms with Gasteiger partial charge in [-0.1, -0.05) is 24.3 Å². The number of aromatic nitrogens is 2. The second-order valence-electron chi connectivity index (χ2n) is 6.44. The number of amides is 1. The molecule has 4 nitrogen and oxygen atoms in total. The number of hydrogen-bond donors (Lipinski definition) is 0. The highest BCUT2D eigenvalue weighted by Crippen LogP contribution is 2.19. The molecule has 0 spiro atoms. The maximum atomic E-state index is 13.9. The van der Waals surface area contributed by atoms with Gasteiger partial charge in [-0.15, -0.1) is 0 Å². The fraction of sp³-hybridized carbons (Fsp3) is 0.238. The van der Waals surface area contributed by atoms with Crippen molar-refractivity contribution in [3.8, 4) is 0 Å². The Bertz CT molecular complexity index is 918. The van der Waals surface area contributed by atoms with E-state index in [4.69, 9.17) is 0 Å². The van der Waals surface area contributed by atoms with Crippen LogP contribution in [0.5, 0.6) is 0 Å². The summed E-state index contributed by atoms with van der Waals surface area (Å²) in [7, 11) is 1.69. The maximum absolute atomic E-state index is 13.9. The van der Waals surface area contributed by atoms with Crippen LogP contribution in [0.3, 0.4) is 0 Å². The van der Waals surface area contributed by atoms with Crippen molar-refractivity contribution < 1.29 is 9.18 Å². The Balaban J connectivity index is 1.81. The van der Waals surface area contributed by atoms with Gasteiger partial charge in [-0.2, -0.15) is 0 Å². The number of carbonyl (C=O) groups excluding carboxylic acids is 1. The summed E-state index contributed by atoms with van der Waals surface area (Å²) >= 11 is 0. The molecule has 3 rings (SSSR count). The van der Waals surface area contributed by atoms with Crippen molar-refractivity contribution in [3.05, 3.63) is 88.8 Å². The first-order chi connectivity index (χ1) is 12.5. The molecule has 0 aliphatic carbocycles. The average molecular weight is 351 g/mol. The van der Waals surface area contributed by atoms with E-state index in [-0.39, 0.29) is 18.3 Å². The Morgan fingerprint density at radius 1 is 1.15 bits per heavy atom. The minimum Gasteiger partial charge on any atom is -0.342 e. The van der Waals surface area contributed by atoms with Gasteiger partial charge in [-0.3, -0.25) is 9.78 Å². The third-order valence-electron chi connectivity index (χ3n) is 4.56. The number of benzene rings is 1. The lowest BCUT2D eigenvalue weighted by Gasteiger charge is -2.18. The summed E-state index contributed by atoms with van der Waals surface area (Å²) in [6.45, 7) is 4.75. The highest BCUT2D eigenvalue weighted by atomic mass is 19.1. The Morgan fingerprint density at radius 3 is 2.58 bits per heavy atom. The van der Waals surface area contributed by atoms with Crippen LogP contribution >= 0.6 is 0 Å². The van der Waals surface area contributed by atoms with Gasteiger partial charge in [0, 0.05) is 36.7 Å². The number of rotatable bonds is 5. The van der Waals surface area contributed by atoms with Crippen LogP contribution in [0.4, 0.5) is 4.39 Å². The third-order valence-corrected chi connectivity index (χ3v) is 4.56. The molecule has 134 valence electrons. The summed E-state index contributed by atoms with van der Waals surface area (Å²) in [4.78, 5) is 18.8. The first kappa shape index (κ1) is 17.9. The zero-order valence-corrected chi connectivity index (χ0v) is 15.2. The minimum absolute atomic E-state index is 0.117. The van der Waals surface area contributed by atoms with Crippen LogP contribution in [-0.2, 0) is 13.1 Å². The van der Waals surface area contributed by atoms with E-state index in [2.05, 4.69) is 9.55 Å². The van der Waals surface area contributed by atoms with Crippen LogP contribution in [0, 0.1) is 19.7 Å². The quantitative estimate of drug-likeness (QED) is 0.698. The molecule has 1 amide bonds. The second kappa shape index (κ2) is 7.52. The molecule has 0 unspecified atom stereocenters. The smallest absolute Gasteiger partial charge is 0.255 e. The number of aryl methyl sites for hydroxylation is 1. The Hall–Kier alpha value is -2.95. The molecule has 5 heteroatoms. The molecule has 0 radical (unpaired) electrons. The fourth-order valence-electron chi connectivity index (χ4n) is 3.07. The van der Waals surface area contributed by atoms with Gasteiger partial charge >= 0.3 is 0 Å². The number of halogens is 1. The molecule has 0 bridgehead atoms. The molecule has 0 aliphatic rings. The van der Waals surface area contributed by atoms with Crippen molar-refractivity contribution in [2.75, 3.05) is 7.05 Å². The molecule has 0 fully saturated rings. The second-order valence-corrected chi connectivity index (χ2v) is 6.44. The third kappa shape index (κ3) is 3.67. The predicted molar refractivity (Wildman–Crippen MR) is 99.4 cm³/mol. The Kier molecular flexibility index (Phi) is 5.16. The van der Waals surface area contributed by atoms with Crippen LogP contribution in [0.2, 0.25) is 0 Å². The van der Waals surface area contributed by atoms with Gasteiger partial charge in [-0.05, 0) is 38.1 Å². The lowest BCUT2D eigenvalue weighted by Crippen LogP contribution is -2.27. The van der Waals surface area contributed by atoms with E-state index in [0.717, 1.165) is 17.1 Å². The minimum atomic E-state index is -0.298. The number of pyridine rings is 1. The molecule has 0 aliphatic heterocycles. The number of nitrogens with zero attached hydrogens (tertiary/aromatic N) is 3. The van der Waals surface area contributed by atoms with Gasteiger partial charge in [-0.25, -0.2) is 4.39 Å². The van der Waals surface area contributed by atoms with E-state index in [1.54, 1.807) is 36.3 Å². The lowest BCUT2D eigenvalue weighted by atomic mass is 10.1. The van der Waals surface area contributed by atoms with E-state index >= 15 is 0 Å². The van der Waals surface area contributed by atoms with Crippen molar-refractivity contribution in [1.82, 2.24) is 14.5 Å². The number of carbonyl (C=O) groups is 1. The summed E-state index contributed by atoms with van der Waals surface area (Å²) in [5.74, 6) is -0.415. The van der Waals surface area contributed by atoms with Gasteiger partial charge in [0.15, 0.2) is 0 Å². The topological polar surface area (TPSA) is 38.1 Å². The molecular weight excluding hydrogens is 329 g/mol. The van der Waals surface area contributed by atoms with E-state index in [1.807, 2.05) is 38.1 Å². The number of hydrogen-bond acceptors (Lipinski definition) is 2. The highest BCUT2D eigenvalue weighted by Gasteiger charge is 2.20. The van der Waals surface area contributed by atoms with Gasteiger partial charge < -0.3 is 9.47 Å². The van der Waals surface area contributed by atoms with Crippen molar-refractivity contribution >= 4 is 5.91 Å². The molecule has 2 heterocycles. The van der Waals surface area contributed by atoms with E-state index in [1.165, 1.54) is 6.07 Å². The predicted octanol–water partition coefficient (Wildman–Crippen LogP) is 3.96. The zero-order chi connectivity index (χ0) is 18.7. The standard InChI is InChI=1S/C21H22FN3O/c1-15-12-19(16(2)25(15)14-18-9-6-7-11-23-18)21(26)24(3)13-17-8-4-5-10-20(17)22/h4-12H,13-14H2,1-3H3. The van der Waals surface area contributed by atoms with Crippen molar-refractivity contribution in [1.29, 1.82) is 0 Å². The van der Waals surface area contributed by atoms with E-state index in [0.29, 0.717) is 17.7 Å². The molecule has 0 saturated heterocycles. The van der Waals surface area contributed by atoms with Crippen LogP contribution in [0.25, 0.3) is 0 Å². The maximum Gasteiger partial charge on any atom is 0.255 e. The Morgan fingerprint density at radius 2 is 1.88 bits per heavy atom. The molecule has 2 aromatic heterocycles. The summed E-state index contributed by atoms with van der Waals surface area (Å²) in [5, 5.41) is 0. The van der Waals surface area contributed by atoms with Gasteiger partial charge in [0.2, 0.25) is 0 Å². The monoisotopic (exact) mass is 351 g/mol. The molecule has 0 atom stereocenters. The van der Waals surface area contributed by atoms with Gasteiger partial charge in [0.1, 0.15) is 5.82 Å². The summed E-state index contributed by atoms with van der Waals surface area (Å²) in [6, 6.07) is 14.2. The summed E-state index contributed by atoms with van der Waals surface area (Å²) in [5.41, 5.74) is 3.96. The van der Waals surface area contributed by atoms with E-state index < -0.39 is 0 Å².